The van der Waals surface area contributed by atoms with E-state index in [4.69, 9.17) is 16.3 Å². The third-order valence-electron chi connectivity index (χ3n) is 3.96. The zero-order chi connectivity index (χ0) is 22.6. The van der Waals surface area contributed by atoms with Crippen molar-refractivity contribution in [1.29, 1.82) is 0 Å². The van der Waals surface area contributed by atoms with E-state index in [0.29, 0.717) is 16.9 Å². The maximum absolute atomic E-state index is 12.7. The Morgan fingerprint density at radius 1 is 1.13 bits per heavy atom. The van der Waals surface area contributed by atoms with E-state index < -0.39 is 21.9 Å². The standard InChI is InChI=1S/C19H17ClN4O5S2/c1-3-29-17(26)14-10-12(8-9-15(14)20)24-31(27,28)19-23-22-18(30-19)21-16(25)13-7-5-4-6-11(13)2/h4-10,24H,3H2,1-2H3,(H,21,22,25). The second kappa shape index (κ2) is 9.41. The van der Waals surface area contributed by atoms with Crippen molar-refractivity contribution < 1.29 is 22.7 Å². The summed E-state index contributed by atoms with van der Waals surface area (Å²) in [5, 5.41) is 10.1. The topological polar surface area (TPSA) is 127 Å². The average Bonchev–Trinajstić information content (AvgIpc) is 3.19. The molecule has 2 N–H and O–H groups in total. The van der Waals surface area contributed by atoms with Crippen LogP contribution in [0.25, 0.3) is 0 Å². The molecule has 3 rings (SSSR count). The lowest BCUT2D eigenvalue weighted by Crippen LogP contribution is -2.14. The first kappa shape index (κ1) is 22.7. The number of nitrogens with zero attached hydrogens (tertiary/aromatic N) is 2. The van der Waals surface area contributed by atoms with Crippen molar-refractivity contribution in [2.24, 2.45) is 0 Å². The summed E-state index contributed by atoms with van der Waals surface area (Å²) in [7, 11) is -4.12. The largest absolute Gasteiger partial charge is 0.462 e. The zero-order valence-corrected chi connectivity index (χ0v) is 18.8. The third-order valence-corrected chi connectivity index (χ3v) is 6.88. The maximum Gasteiger partial charge on any atom is 0.339 e. The number of aryl methyl sites for hydroxylation is 1. The third kappa shape index (κ3) is 5.37. The highest BCUT2D eigenvalue weighted by Crippen LogP contribution is 2.26. The Morgan fingerprint density at radius 3 is 2.58 bits per heavy atom. The molecule has 0 bridgehead atoms. The summed E-state index contributed by atoms with van der Waals surface area (Å²) in [5.41, 5.74) is 1.31. The van der Waals surface area contributed by atoms with Crippen molar-refractivity contribution in [3.05, 3.63) is 64.2 Å². The van der Waals surface area contributed by atoms with E-state index in [9.17, 15) is 18.0 Å². The summed E-state index contributed by atoms with van der Waals surface area (Å²) in [6.07, 6.45) is 0. The summed E-state index contributed by atoms with van der Waals surface area (Å²) in [6.45, 7) is 3.57. The fourth-order valence-electron chi connectivity index (χ4n) is 2.51. The zero-order valence-electron chi connectivity index (χ0n) is 16.4. The van der Waals surface area contributed by atoms with Gasteiger partial charge in [-0.25, -0.2) is 4.79 Å². The van der Waals surface area contributed by atoms with Gasteiger partial charge in [0.1, 0.15) is 0 Å². The van der Waals surface area contributed by atoms with E-state index in [2.05, 4.69) is 20.2 Å². The molecule has 0 aliphatic rings. The Hall–Kier alpha value is -3.02. The smallest absolute Gasteiger partial charge is 0.339 e. The number of nitrogens with one attached hydrogen (secondary N) is 2. The Labute approximate surface area is 187 Å². The molecular weight excluding hydrogens is 464 g/mol. The number of ether oxygens (including phenoxy) is 1. The van der Waals surface area contributed by atoms with Gasteiger partial charge >= 0.3 is 5.97 Å². The number of halogens is 1. The minimum Gasteiger partial charge on any atom is -0.462 e. The molecule has 2 aromatic carbocycles. The summed E-state index contributed by atoms with van der Waals surface area (Å²) in [4.78, 5) is 24.3. The number of sulfonamides is 1. The average molecular weight is 481 g/mol. The number of rotatable bonds is 7. The van der Waals surface area contributed by atoms with Crippen LogP contribution in [0.4, 0.5) is 10.8 Å². The number of esters is 1. The van der Waals surface area contributed by atoms with Gasteiger partial charge in [-0.1, -0.05) is 41.1 Å². The highest BCUT2D eigenvalue weighted by Gasteiger charge is 2.23. The molecule has 31 heavy (non-hydrogen) atoms. The number of amides is 1. The Morgan fingerprint density at radius 2 is 1.87 bits per heavy atom. The van der Waals surface area contributed by atoms with E-state index in [1.165, 1.54) is 18.2 Å². The van der Waals surface area contributed by atoms with Crippen molar-refractivity contribution in [1.82, 2.24) is 10.2 Å². The molecular formula is C19H17ClN4O5S2. The highest BCUT2D eigenvalue weighted by molar-refractivity contribution is 7.94. The maximum atomic E-state index is 12.7. The molecule has 0 unspecified atom stereocenters. The van der Waals surface area contributed by atoms with Crippen LogP contribution in [0.3, 0.4) is 0 Å². The minimum absolute atomic E-state index is 0.0205. The minimum atomic E-state index is -4.12. The van der Waals surface area contributed by atoms with E-state index in [1.54, 1.807) is 38.1 Å². The van der Waals surface area contributed by atoms with Crippen LogP contribution in [0.15, 0.2) is 46.8 Å². The predicted octanol–water partition coefficient (Wildman–Crippen LogP) is 3.73. The molecule has 12 heteroatoms. The number of aromatic nitrogens is 2. The molecule has 0 aliphatic carbocycles. The molecule has 162 valence electrons. The fourth-order valence-corrected chi connectivity index (χ4v) is 4.65. The molecule has 0 fully saturated rings. The van der Waals surface area contributed by atoms with Gasteiger partial charge in [0.25, 0.3) is 20.3 Å². The first-order valence-corrected chi connectivity index (χ1v) is 11.6. The SMILES string of the molecule is CCOC(=O)c1cc(NS(=O)(=O)c2nnc(NC(=O)c3ccccc3C)s2)ccc1Cl. The lowest BCUT2D eigenvalue weighted by atomic mass is 10.1. The van der Waals surface area contributed by atoms with Gasteiger partial charge in [-0.15, -0.1) is 10.2 Å². The van der Waals surface area contributed by atoms with Crippen LogP contribution in [0, 0.1) is 6.92 Å². The molecule has 0 saturated heterocycles. The van der Waals surface area contributed by atoms with Gasteiger partial charge in [-0.05, 0) is 43.7 Å². The predicted molar refractivity (Wildman–Crippen MR) is 117 cm³/mol. The van der Waals surface area contributed by atoms with E-state index in [-0.39, 0.29) is 32.4 Å². The van der Waals surface area contributed by atoms with Crippen LogP contribution in [-0.4, -0.2) is 37.1 Å². The molecule has 0 aliphatic heterocycles. The van der Waals surface area contributed by atoms with Crippen LogP contribution in [0.2, 0.25) is 5.02 Å². The number of hydrogen-bond donors (Lipinski definition) is 2. The van der Waals surface area contributed by atoms with Gasteiger partial charge in [-0.2, -0.15) is 8.42 Å². The second-order valence-corrected chi connectivity index (χ2v) is 9.40. The van der Waals surface area contributed by atoms with Crippen molar-refractivity contribution in [2.75, 3.05) is 16.6 Å². The molecule has 0 saturated carbocycles. The molecule has 1 aromatic heterocycles. The molecule has 3 aromatic rings. The molecule has 0 radical (unpaired) electrons. The monoisotopic (exact) mass is 480 g/mol. The number of carbonyl (C=O) groups is 2. The number of benzene rings is 2. The van der Waals surface area contributed by atoms with Crippen molar-refractivity contribution >= 4 is 55.7 Å². The van der Waals surface area contributed by atoms with Gasteiger partial charge in [0.2, 0.25) is 5.13 Å². The molecule has 1 amide bonds. The Bertz CT molecular complexity index is 1240. The van der Waals surface area contributed by atoms with Gasteiger partial charge in [0.05, 0.1) is 17.2 Å². The van der Waals surface area contributed by atoms with Gasteiger partial charge in [0.15, 0.2) is 0 Å². The van der Waals surface area contributed by atoms with E-state index >= 15 is 0 Å². The summed E-state index contributed by atoms with van der Waals surface area (Å²) in [5.74, 6) is -1.10. The van der Waals surface area contributed by atoms with Gasteiger partial charge < -0.3 is 4.74 Å². The molecule has 0 atom stereocenters. The van der Waals surface area contributed by atoms with Gasteiger partial charge in [0, 0.05) is 11.3 Å². The van der Waals surface area contributed by atoms with Gasteiger partial charge in [-0.3, -0.25) is 14.8 Å². The Balaban J connectivity index is 1.77. The summed E-state index contributed by atoms with van der Waals surface area (Å²) in [6, 6.07) is 11.0. The summed E-state index contributed by atoms with van der Waals surface area (Å²) < 4.78 is 32.2. The number of carbonyl (C=O) groups excluding carboxylic acids is 2. The van der Waals surface area contributed by atoms with Crippen LogP contribution >= 0.6 is 22.9 Å². The lowest BCUT2D eigenvalue weighted by Gasteiger charge is -2.08. The quantitative estimate of drug-likeness (QED) is 0.389. The van der Waals surface area contributed by atoms with Crippen LogP contribution in [0.5, 0.6) is 0 Å². The molecule has 1 heterocycles. The first-order valence-electron chi connectivity index (χ1n) is 8.91. The molecule has 0 spiro atoms. The number of anilines is 2. The lowest BCUT2D eigenvalue weighted by molar-refractivity contribution is 0.0526. The van der Waals surface area contributed by atoms with Crippen LogP contribution in [0.1, 0.15) is 33.2 Å². The summed E-state index contributed by atoms with van der Waals surface area (Å²) >= 11 is 6.68. The van der Waals surface area contributed by atoms with Crippen molar-refractivity contribution in [3.8, 4) is 0 Å². The van der Waals surface area contributed by atoms with E-state index in [0.717, 1.165) is 5.56 Å². The first-order chi connectivity index (χ1) is 14.7. The highest BCUT2D eigenvalue weighted by atomic mass is 35.5. The molecule has 9 nitrogen and oxygen atoms in total. The Kier molecular flexibility index (Phi) is 6.88. The number of hydrogen-bond acceptors (Lipinski definition) is 8. The van der Waals surface area contributed by atoms with Crippen LogP contribution in [-0.2, 0) is 14.8 Å². The van der Waals surface area contributed by atoms with E-state index in [1.807, 2.05) is 0 Å². The van der Waals surface area contributed by atoms with Crippen molar-refractivity contribution in [2.45, 2.75) is 18.2 Å². The van der Waals surface area contributed by atoms with Crippen molar-refractivity contribution in [3.63, 3.8) is 0 Å². The fraction of sp³-hybridized carbons (Fsp3) is 0.158. The van der Waals surface area contributed by atoms with Crippen LogP contribution < -0.4 is 10.0 Å². The second-order valence-electron chi connectivity index (χ2n) is 6.16. The normalized spacial score (nSPS) is 11.1.